The van der Waals surface area contributed by atoms with E-state index in [1.807, 2.05) is 20.9 Å². The zero-order valence-electron chi connectivity index (χ0n) is 9.67. The van der Waals surface area contributed by atoms with E-state index in [1.165, 1.54) is 0 Å². The van der Waals surface area contributed by atoms with Gasteiger partial charge in [-0.25, -0.2) is 0 Å². The largest absolute Gasteiger partial charge is 0.395 e. The molecule has 0 radical (unpaired) electrons. The molecule has 0 saturated carbocycles. The summed E-state index contributed by atoms with van der Waals surface area (Å²) < 4.78 is 10.7. The lowest BCUT2D eigenvalue weighted by Crippen LogP contribution is -2.34. The number of methoxy groups -OCH3 is 1. The fourth-order valence-electron chi connectivity index (χ4n) is 0.873. The molecule has 0 spiro atoms. The van der Waals surface area contributed by atoms with Crippen LogP contribution in [0, 0.1) is 0 Å². The minimum absolute atomic E-state index is 0.0284. The van der Waals surface area contributed by atoms with Crippen LogP contribution in [0.4, 0.5) is 0 Å². The quantitative estimate of drug-likeness (QED) is 0.563. The van der Waals surface area contributed by atoms with Gasteiger partial charge in [-0.05, 0) is 27.3 Å². The molecule has 0 aromatic carbocycles. The number of ether oxygens (including phenoxy) is 2. The van der Waals surface area contributed by atoms with Gasteiger partial charge < -0.3 is 19.9 Å². The molecule has 0 aliphatic rings. The highest BCUT2D eigenvalue weighted by atomic mass is 16.5. The van der Waals surface area contributed by atoms with E-state index in [0.717, 1.165) is 6.42 Å². The Morgan fingerprint density at radius 3 is 2.50 bits per heavy atom. The summed E-state index contributed by atoms with van der Waals surface area (Å²) in [4.78, 5) is 0. The van der Waals surface area contributed by atoms with Crippen molar-refractivity contribution in [2.45, 2.75) is 31.9 Å². The third kappa shape index (κ3) is 6.32. The highest BCUT2D eigenvalue weighted by Crippen LogP contribution is 2.12. The molecule has 14 heavy (non-hydrogen) atoms. The van der Waals surface area contributed by atoms with Crippen LogP contribution in [0.3, 0.4) is 0 Å². The van der Waals surface area contributed by atoms with Gasteiger partial charge in [-0.3, -0.25) is 0 Å². The standard InChI is InChI=1S/C10H23NO3/c1-10(2,13-4)5-6-14-8-9(7-12)11-3/h9,11-12H,5-8H2,1-4H3. The van der Waals surface area contributed by atoms with Gasteiger partial charge in [0.05, 0.1) is 24.9 Å². The molecular formula is C10H23NO3. The Labute approximate surface area is 86.6 Å². The first-order chi connectivity index (χ1) is 6.55. The normalized spacial score (nSPS) is 14.4. The van der Waals surface area contributed by atoms with Crippen molar-refractivity contribution in [2.24, 2.45) is 0 Å². The fraction of sp³-hybridized carbons (Fsp3) is 1.00. The predicted molar refractivity (Wildman–Crippen MR) is 56.5 cm³/mol. The Hall–Kier alpha value is -0.160. The summed E-state index contributed by atoms with van der Waals surface area (Å²) in [5, 5.41) is 11.8. The van der Waals surface area contributed by atoms with Crippen LogP contribution in [-0.2, 0) is 9.47 Å². The number of aliphatic hydroxyl groups is 1. The molecule has 0 saturated heterocycles. The minimum atomic E-state index is -0.131. The van der Waals surface area contributed by atoms with E-state index in [-0.39, 0.29) is 18.2 Å². The van der Waals surface area contributed by atoms with Crippen molar-refractivity contribution in [2.75, 3.05) is 34.0 Å². The van der Waals surface area contributed by atoms with Crippen LogP contribution in [0.25, 0.3) is 0 Å². The van der Waals surface area contributed by atoms with Crippen molar-refractivity contribution in [3.63, 3.8) is 0 Å². The second kappa shape index (κ2) is 7.17. The average molecular weight is 205 g/mol. The highest BCUT2D eigenvalue weighted by molar-refractivity contribution is 4.67. The average Bonchev–Trinajstić information content (AvgIpc) is 2.18. The molecule has 0 bridgehead atoms. The molecular weight excluding hydrogens is 182 g/mol. The van der Waals surface area contributed by atoms with E-state index >= 15 is 0 Å². The van der Waals surface area contributed by atoms with Gasteiger partial charge in [0.1, 0.15) is 0 Å². The van der Waals surface area contributed by atoms with Crippen LogP contribution in [0.5, 0.6) is 0 Å². The van der Waals surface area contributed by atoms with Crippen LogP contribution in [0.1, 0.15) is 20.3 Å². The number of likely N-dealkylation sites (N-methyl/N-ethyl adjacent to an activating group) is 1. The minimum Gasteiger partial charge on any atom is -0.395 e. The Balaban J connectivity index is 3.45. The van der Waals surface area contributed by atoms with E-state index < -0.39 is 0 Å². The fourth-order valence-corrected chi connectivity index (χ4v) is 0.873. The molecule has 0 aromatic heterocycles. The summed E-state index contributed by atoms with van der Waals surface area (Å²) in [6.45, 7) is 5.34. The van der Waals surface area contributed by atoms with Crippen molar-refractivity contribution >= 4 is 0 Å². The maximum Gasteiger partial charge on any atom is 0.0644 e. The maximum absolute atomic E-state index is 8.86. The van der Waals surface area contributed by atoms with Gasteiger partial charge in [-0.2, -0.15) is 0 Å². The molecule has 0 rings (SSSR count). The summed E-state index contributed by atoms with van der Waals surface area (Å²) in [6.07, 6.45) is 0.853. The summed E-state index contributed by atoms with van der Waals surface area (Å²) in [7, 11) is 3.51. The number of rotatable bonds is 8. The van der Waals surface area contributed by atoms with Crippen LogP contribution in [0.15, 0.2) is 0 Å². The first-order valence-electron chi connectivity index (χ1n) is 4.96. The van der Waals surface area contributed by atoms with Crippen molar-refractivity contribution in [3.8, 4) is 0 Å². The second-order valence-electron chi connectivity index (χ2n) is 3.96. The van der Waals surface area contributed by atoms with E-state index in [9.17, 15) is 0 Å². The first kappa shape index (κ1) is 13.8. The van der Waals surface area contributed by atoms with Gasteiger partial charge in [-0.15, -0.1) is 0 Å². The lowest BCUT2D eigenvalue weighted by Gasteiger charge is -2.23. The lowest BCUT2D eigenvalue weighted by molar-refractivity contribution is -0.0138. The summed E-state index contributed by atoms with van der Waals surface area (Å²) >= 11 is 0. The Bertz CT molecular complexity index is 135. The van der Waals surface area contributed by atoms with Gasteiger partial charge in [-0.1, -0.05) is 0 Å². The van der Waals surface area contributed by atoms with Gasteiger partial charge in [0, 0.05) is 13.7 Å². The molecule has 1 unspecified atom stereocenters. The topological polar surface area (TPSA) is 50.7 Å². The zero-order valence-corrected chi connectivity index (χ0v) is 9.67. The Morgan fingerprint density at radius 1 is 1.43 bits per heavy atom. The zero-order chi connectivity index (χ0) is 11.0. The van der Waals surface area contributed by atoms with Crippen LogP contribution < -0.4 is 5.32 Å². The third-order valence-corrected chi connectivity index (χ3v) is 2.35. The van der Waals surface area contributed by atoms with Crippen molar-refractivity contribution in [1.29, 1.82) is 0 Å². The van der Waals surface area contributed by atoms with Gasteiger partial charge in [0.15, 0.2) is 0 Å². The first-order valence-corrected chi connectivity index (χ1v) is 4.96. The van der Waals surface area contributed by atoms with Crippen LogP contribution in [-0.4, -0.2) is 50.7 Å². The molecule has 2 N–H and O–H groups in total. The number of hydrogen-bond acceptors (Lipinski definition) is 4. The molecule has 1 atom stereocenters. The number of aliphatic hydroxyl groups excluding tert-OH is 1. The van der Waals surface area contributed by atoms with Crippen LogP contribution >= 0.6 is 0 Å². The van der Waals surface area contributed by atoms with Gasteiger partial charge >= 0.3 is 0 Å². The molecule has 0 aliphatic carbocycles. The molecule has 0 amide bonds. The van der Waals surface area contributed by atoms with E-state index in [1.54, 1.807) is 7.11 Å². The van der Waals surface area contributed by atoms with E-state index in [2.05, 4.69) is 5.32 Å². The summed E-state index contributed by atoms with van der Waals surface area (Å²) in [5.41, 5.74) is -0.131. The van der Waals surface area contributed by atoms with E-state index in [0.29, 0.717) is 13.2 Å². The second-order valence-corrected chi connectivity index (χ2v) is 3.96. The lowest BCUT2D eigenvalue weighted by atomic mass is 10.1. The highest BCUT2D eigenvalue weighted by Gasteiger charge is 2.15. The SMILES string of the molecule is CNC(CO)COCCC(C)(C)OC. The number of hydrogen-bond donors (Lipinski definition) is 2. The maximum atomic E-state index is 8.86. The molecule has 0 aliphatic heterocycles. The van der Waals surface area contributed by atoms with Gasteiger partial charge in [0.25, 0.3) is 0 Å². The third-order valence-electron chi connectivity index (χ3n) is 2.35. The molecule has 4 nitrogen and oxygen atoms in total. The Kier molecular flexibility index (Phi) is 7.09. The van der Waals surface area contributed by atoms with Crippen molar-refractivity contribution < 1.29 is 14.6 Å². The molecule has 0 aromatic rings. The molecule has 4 heteroatoms. The van der Waals surface area contributed by atoms with Crippen LogP contribution in [0.2, 0.25) is 0 Å². The summed E-state index contributed by atoms with van der Waals surface area (Å²) in [5.74, 6) is 0. The molecule has 0 heterocycles. The smallest absolute Gasteiger partial charge is 0.0644 e. The monoisotopic (exact) mass is 205 g/mol. The number of nitrogens with one attached hydrogen (secondary N) is 1. The Morgan fingerprint density at radius 2 is 2.07 bits per heavy atom. The summed E-state index contributed by atoms with van der Waals surface area (Å²) in [6, 6.07) is 0.0284. The van der Waals surface area contributed by atoms with Gasteiger partial charge in [0.2, 0.25) is 0 Å². The van der Waals surface area contributed by atoms with Crippen molar-refractivity contribution in [1.82, 2.24) is 5.32 Å². The molecule has 0 fully saturated rings. The predicted octanol–water partition coefficient (Wildman–Crippen LogP) is 0.398. The van der Waals surface area contributed by atoms with E-state index in [4.69, 9.17) is 14.6 Å². The molecule has 86 valence electrons. The van der Waals surface area contributed by atoms with Crippen molar-refractivity contribution in [3.05, 3.63) is 0 Å².